The van der Waals surface area contributed by atoms with Crippen LogP contribution >= 0.6 is 0 Å². The molecule has 1 saturated carbocycles. The lowest BCUT2D eigenvalue weighted by Crippen LogP contribution is -2.20. The quantitative estimate of drug-likeness (QED) is 0.153. The molecule has 3 rings (SSSR count). The Morgan fingerprint density at radius 1 is 0.886 bits per heavy atom. The minimum atomic E-state index is -0.618. The number of halogens is 1. The molecule has 5 heteroatoms. The summed E-state index contributed by atoms with van der Waals surface area (Å²) in [5, 5.41) is 0. The fraction of sp³-hybridized carbons (Fsp3) is 0.567. The molecular weight excluding hydrogens is 443 g/mol. The average Bonchev–Trinajstić information content (AvgIpc) is 2.88. The van der Waals surface area contributed by atoms with Gasteiger partial charge in [-0.25, -0.2) is 9.18 Å². The van der Waals surface area contributed by atoms with Gasteiger partial charge in [0.15, 0.2) is 11.6 Å². The Morgan fingerprint density at radius 2 is 1.54 bits per heavy atom. The zero-order valence-corrected chi connectivity index (χ0v) is 21.4. The molecular formula is C30H41FO4. The number of ether oxygens (including phenoxy) is 3. The fourth-order valence-corrected chi connectivity index (χ4v) is 5.15. The number of carbonyl (C=O) groups is 1. The fourth-order valence-electron chi connectivity index (χ4n) is 5.15. The van der Waals surface area contributed by atoms with Gasteiger partial charge in [0.2, 0.25) is 0 Å². The first-order valence-electron chi connectivity index (χ1n) is 13.4. The van der Waals surface area contributed by atoms with Crippen molar-refractivity contribution in [3.63, 3.8) is 0 Å². The summed E-state index contributed by atoms with van der Waals surface area (Å²) in [7, 11) is 1.38. The van der Waals surface area contributed by atoms with Gasteiger partial charge in [-0.15, -0.1) is 0 Å². The number of hydrogen-bond acceptors (Lipinski definition) is 4. The predicted molar refractivity (Wildman–Crippen MR) is 138 cm³/mol. The molecule has 35 heavy (non-hydrogen) atoms. The van der Waals surface area contributed by atoms with E-state index in [1.54, 1.807) is 24.3 Å². The highest BCUT2D eigenvalue weighted by Crippen LogP contribution is 2.36. The van der Waals surface area contributed by atoms with Crippen molar-refractivity contribution in [2.45, 2.75) is 84.0 Å². The van der Waals surface area contributed by atoms with E-state index >= 15 is 0 Å². The summed E-state index contributed by atoms with van der Waals surface area (Å²) in [6.07, 6.45) is 16.1. The standard InChI is InChI=1S/C30H41FO4/c1-3-4-5-6-7-11-23-12-8-9-13-24(23)14-10-21-34-26-16-18-27(19-17-26)35-30(32)25-15-20-29(33-2)28(31)22-25/h15-20,22-24H,3-14,21H2,1-2H3. The van der Waals surface area contributed by atoms with Gasteiger partial charge in [-0.05, 0) is 67.1 Å². The van der Waals surface area contributed by atoms with Crippen molar-refractivity contribution in [1.29, 1.82) is 0 Å². The maximum atomic E-state index is 13.8. The van der Waals surface area contributed by atoms with E-state index < -0.39 is 11.8 Å². The maximum absolute atomic E-state index is 13.8. The molecule has 0 aliphatic heterocycles. The lowest BCUT2D eigenvalue weighted by Gasteiger charge is -2.31. The molecule has 0 N–H and O–H groups in total. The molecule has 2 unspecified atom stereocenters. The van der Waals surface area contributed by atoms with Crippen LogP contribution in [0.25, 0.3) is 0 Å². The van der Waals surface area contributed by atoms with Crippen LogP contribution in [-0.2, 0) is 0 Å². The van der Waals surface area contributed by atoms with E-state index in [9.17, 15) is 9.18 Å². The summed E-state index contributed by atoms with van der Waals surface area (Å²) in [6, 6.07) is 11.0. The summed E-state index contributed by atoms with van der Waals surface area (Å²) in [5.74, 6) is 1.77. The molecule has 2 aromatic rings. The molecule has 1 fully saturated rings. The molecule has 0 saturated heterocycles. The Kier molecular flexibility index (Phi) is 11.4. The van der Waals surface area contributed by atoms with E-state index in [1.807, 2.05) is 0 Å². The highest BCUT2D eigenvalue weighted by molar-refractivity contribution is 5.91. The third-order valence-electron chi connectivity index (χ3n) is 7.15. The molecule has 0 spiro atoms. The number of rotatable bonds is 14. The minimum Gasteiger partial charge on any atom is -0.494 e. The molecule has 0 amide bonds. The Hall–Kier alpha value is -2.56. The van der Waals surface area contributed by atoms with Gasteiger partial charge in [0, 0.05) is 0 Å². The van der Waals surface area contributed by atoms with Crippen molar-refractivity contribution in [3.8, 4) is 17.2 Å². The van der Waals surface area contributed by atoms with Crippen molar-refractivity contribution >= 4 is 5.97 Å². The highest BCUT2D eigenvalue weighted by atomic mass is 19.1. The topological polar surface area (TPSA) is 44.8 Å². The Morgan fingerprint density at radius 3 is 2.20 bits per heavy atom. The summed E-state index contributed by atoms with van der Waals surface area (Å²) >= 11 is 0. The molecule has 2 atom stereocenters. The number of esters is 1. The summed E-state index contributed by atoms with van der Waals surface area (Å²) in [6.45, 7) is 2.97. The average molecular weight is 485 g/mol. The number of unbranched alkanes of at least 4 members (excludes halogenated alkanes) is 4. The minimum absolute atomic E-state index is 0.0875. The molecule has 0 bridgehead atoms. The summed E-state index contributed by atoms with van der Waals surface area (Å²) in [5.41, 5.74) is 0.130. The molecule has 1 aliphatic carbocycles. The van der Waals surface area contributed by atoms with Gasteiger partial charge >= 0.3 is 5.97 Å². The van der Waals surface area contributed by atoms with Crippen LogP contribution in [0.15, 0.2) is 42.5 Å². The van der Waals surface area contributed by atoms with Crippen molar-refractivity contribution in [2.75, 3.05) is 13.7 Å². The van der Waals surface area contributed by atoms with E-state index in [2.05, 4.69) is 6.92 Å². The van der Waals surface area contributed by atoms with E-state index in [0.29, 0.717) is 12.4 Å². The smallest absolute Gasteiger partial charge is 0.343 e. The van der Waals surface area contributed by atoms with Gasteiger partial charge in [0.1, 0.15) is 11.5 Å². The number of benzene rings is 2. The second-order valence-corrected chi connectivity index (χ2v) is 9.71. The zero-order valence-electron chi connectivity index (χ0n) is 21.4. The predicted octanol–water partition coefficient (Wildman–Crippen LogP) is 8.38. The SMILES string of the molecule is CCCCCCCC1CCCCC1CCCOc1ccc(OC(=O)c2ccc(OC)c(F)c2)cc1. The van der Waals surface area contributed by atoms with Gasteiger partial charge in [0.25, 0.3) is 0 Å². The largest absolute Gasteiger partial charge is 0.494 e. The molecule has 4 nitrogen and oxygen atoms in total. The molecule has 2 aromatic carbocycles. The molecule has 0 radical (unpaired) electrons. The van der Waals surface area contributed by atoms with Crippen LogP contribution in [-0.4, -0.2) is 19.7 Å². The molecule has 0 aromatic heterocycles. The Bertz CT molecular complexity index is 896. The number of hydrogen-bond donors (Lipinski definition) is 0. The van der Waals surface area contributed by atoms with Gasteiger partial charge in [0.05, 0.1) is 19.3 Å². The van der Waals surface area contributed by atoms with Crippen molar-refractivity contribution < 1.29 is 23.4 Å². The van der Waals surface area contributed by atoms with Crippen LogP contribution in [0, 0.1) is 17.7 Å². The first-order valence-corrected chi connectivity index (χ1v) is 13.4. The van der Waals surface area contributed by atoms with Crippen molar-refractivity contribution in [2.24, 2.45) is 11.8 Å². The van der Waals surface area contributed by atoms with E-state index in [4.69, 9.17) is 14.2 Å². The first kappa shape index (κ1) is 27.0. The third kappa shape index (κ3) is 8.87. The van der Waals surface area contributed by atoms with Crippen molar-refractivity contribution in [3.05, 3.63) is 53.8 Å². The Labute approximate surface area is 210 Å². The lowest BCUT2D eigenvalue weighted by atomic mass is 9.74. The molecule has 0 heterocycles. The van der Waals surface area contributed by atoms with Gasteiger partial charge in [-0.1, -0.05) is 71.1 Å². The molecule has 192 valence electrons. The van der Waals surface area contributed by atoms with Gasteiger partial charge < -0.3 is 14.2 Å². The second kappa shape index (κ2) is 14.8. The monoisotopic (exact) mass is 484 g/mol. The van der Waals surface area contributed by atoms with E-state index in [-0.39, 0.29) is 11.3 Å². The number of methoxy groups -OCH3 is 1. The van der Waals surface area contributed by atoms with Gasteiger partial charge in [-0.3, -0.25) is 0 Å². The summed E-state index contributed by atoms with van der Waals surface area (Å²) in [4.78, 5) is 12.3. The maximum Gasteiger partial charge on any atom is 0.343 e. The number of carbonyl (C=O) groups excluding carboxylic acids is 1. The van der Waals surface area contributed by atoms with Crippen LogP contribution in [0.2, 0.25) is 0 Å². The van der Waals surface area contributed by atoms with E-state index in [0.717, 1.165) is 30.1 Å². The third-order valence-corrected chi connectivity index (χ3v) is 7.15. The van der Waals surface area contributed by atoms with Crippen LogP contribution in [0.5, 0.6) is 17.2 Å². The van der Waals surface area contributed by atoms with Crippen LogP contribution < -0.4 is 14.2 Å². The first-order chi connectivity index (χ1) is 17.1. The highest BCUT2D eigenvalue weighted by Gasteiger charge is 2.24. The Balaban J connectivity index is 1.38. The lowest BCUT2D eigenvalue weighted by molar-refractivity contribution is 0.0734. The molecule has 1 aliphatic rings. The summed E-state index contributed by atoms with van der Waals surface area (Å²) < 4.78 is 30.0. The van der Waals surface area contributed by atoms with Crippen molar-refractivity contribution in [1.82, 2.24) is 0 Å². The van der Waals surface area contributed by atoms with Crippen LogP contribution in [0.3, 0.4) is 0 Å². The van der Waals surface area contributed by atoms with E-state index in [1.165, 1.54) is 89.9 Å². The van der Waals surface area contributed by atoms with Crippen LogP contribution in [0.1, 0.15) is 94.3 Å². The second-order valence-electron chi connectivity index (χ2n) is 9.71. The van der Waals surface area contributed by atoms with Gasteiger partial charge in [-0.2, -0.15) is 0 Å². The normalized spacial score (nSPS) is 17.7. The zero-order chi connectivity index (χ0) is 24.9. The van der Waals surface area contributed by atoms with Crippen LogP contribution in [0.4, 0.5) is 4.39 Å².